The smallest absolute Gasteiger partial charge is 0.123 e. The highest BCUT2D eigenvalue weighted by Crippen LogP contribution is 2.23. The number of hydrogen-bond donors (Lipinski definition) is 2. The summed E-state index contributed by atoms with van der Waals surface area (Å²) in [4.78, 5) is 7.72. The molecular weight excluding hydrogens is 190 g/mol. The zero-order valence-corrected chi connectivity index (χ0v) is 8.36. The molecule has 4 heteroatoms. The summed E-state index contributed by atoms with van der Waals surface area (Å²) in [6, 6.07) is 2.32. The number of furan rings is 1. The van der Waals surface area contributed by atoms with Crippen molar-refractivity contribution in [1.29, 1.82) is 0 Å². The van der Waals surface area contributed by atoms with Crippen LogP contribution in [0.2, 0.25) is 0 Å². The van der Waals surface area contributed by atoms with Crippen molar-refractivity contribution in [3.63, 3.8) is 0 Å². The summed E-state index contributed by atoms with van der Waals surface area (Å²) in [5, 5.41) is 3.41. The Morgan fingerprint density at radius 1 is 1.47 bits per heavy atom. The molecule has 0 bridgehead atoms. The Hall–Kier alpha value is -1.55. The van der Waals surface area contributed by atoms with Gasteiger partial charge in [0.15, 0.2) is 0 Å². The van der Waals surface area contributed by atoms with Crippen LogP contribution in [-0.4, -0.2) is 16.5 Å². The quantitative estimate of drug-likeness (QED) is 0.785. The van der Waals surface area contributed by atoms with E-state index in [0.717, 1.165) is 23.6 Å². The van der Waals surface area contributed by atoms with Gasteiger partial charge in [0.25, 0.3) is 0 Å². The first-order valence-corrected chi connectivity index (χ1v) is 5.24. The lowest BCUT2D eigenvalue weighted by atomic mass is 10.2. The fourth-order valence-corrected chi connectivity index (χ4v) is 2.00. The molecular formula is C11H13N3O. The molecule has 2 aromatic heterocycles. The maximum atomic E-state index is 5.04. The summed E-state index contributed by atoms with van der Waals surface area (Å²) in [6.07, 6.45) is 7.65. The molecule has 1 aliphatic heterocycles. The second-order valence-electron chi connectivity index (χ2n) is 3.84. The van der Waals surface area contributed by atoms with Crippen molar-refractivity contribution in [3.8, 4) is 11.3 Å². The molecule has 0 radical (unpaired) electrons. The minimum atomic E-state index is 0.394. The largest absolute Gasteiger partial charge is 0.472 e. The SMILES string of the molecule is c1cc(-c2cnc(C3CCCN3)[nH]2)co1. The molecule has 0 aromatic carbocycles. The average Bonchev–Trinajstić information content (AvgIpc) is 3.02. The number of nitrogens with zero attached hydrogens (tertiary/aromatic N) is 1. The van der Waals surface area contributed by atoms with E-state index < -0.39 is 0 Å². The van der Waals surface area contributed by atoms with Gasteiger partial charge in [-0.25, -0.2) is 4.98 Å². The number of imidazole rings is 1. The predicted octanol–water partition coefficient (Wildman–Crippen LogP) is 2.09. The van der Waals surface area contributed by atoms with E-state index in [0.29, 0.717) is 6.04 Å². The molecule has 2 N–H and O–H groups in total. The van der Waals surface area contributed by atoms with Crippen LogP contribution in [-0.2, 0) is 0 Å². The molecule has 3 heterocycles. The van der Waals surface area contributed by atoms with Crippen molar-refractivity contribution in [2.24, 2.45) is 0 Å². The summed E-state index contributed by atoms with van der Waals surface area (Å²) in [5.74, 6) is 1.03. The molecule has 1 aliphatic rings. The van der Waals surface area contributed by atoms with Crippen LogP contribution in [0.1, 0.15) is 24.7 Å². The van der Waals surface area contributed by atoms with Gasteiger partial charge in [0, 0.05) is 5.56 Å². The number of aromatic nitrogens is 2. The monoisotopic (exact) mass is 203 g/mol. The summed E-state index contributed by atoms with van der Waals surface area (Å²) in [5.41, 5.74) is 2.07. The molecule has 1 fully saturated rings. The predicted molar refractivity (Wildman–Crippen MR) is 56.3 cm³/mol. The van der Waals surface area contributed by atoms with Crippen molar-refractivity contribution in [2.45, 2.75) is 18.9 Å². The lowest BCUT2D eigenvalue weighted by molar-refractivity contribution is 0.568. The van der Waals surface area contributed by atoms with Crippen LogP contribution in [0.4, 0.5) is 0 Å². The van der Waals surface area contributed by atoms with Gasteiger partial charge < -0.3 is 14.7 Å². The molecule has 15 heavy (non-hydrogen) atoms. The summed E-state index contributed by atoms with van der Waals surface area (Å²) >= 11 is 0. The highest BCUT2D eigenvalue weighted by molar-refractivity contribution is 5.56. The molecule has 78 valence electrons. The van der Waals surface area contributed by atoms with Gasteiger partial charge >= 0.3 is 0 Å². The van der Waals surface area contributed by atoms with E-state index in [1.165, 1.54) is 12.8 Å². The van der Waals surface area contributed by atoms with Gasteiger partial charge in [0.2, 0.25) is 0 Å². The zero-order chi connectivity index (χ0) is 10.1. The normalized spacial score (nSPS) is 20.9. The van der Waals surface area contributed by atoms with Crippen molar-refractivity contribution in [3.05, 3.63) is 30.6 Å². The van der Waals surface area contributed by atoms with Crippen LogP contribution in [0.5, 0.6) is 0 Å². The lowest BCUT2D eigenvalue weighted by Gasteiger charge is -2.04. The second-order valence-corrected chi connectivity index (χ2v) is 3.84. The maximum Gasteiger partial charge on any atom is 0.123 e. The highest BCUT2D eigenvalue weighted by Gasteiger charge is 2.19. The Kier molecular flexibility index (Phi) is 2.07. The van der Waals surface area contributed by atoms with Gasteiger partial charge in [-0.3, -0.25) is 0 Å². The Bertz CT molecular complexity index is 426. The minimum absolute atomic E-state index is 0.394. The molecule has 0 aliphatic carbocycles. The summed E-state index contributed by atoms with van der Waals surface area (Å²) < 4.78 is 5.04. The fourth-order valence-electron chi connectivity index (χ4n) is 2.00. The van der Waals surface area contributed by atoms with Crippen molar-refractivity contribution in [2.75, 3.05) is 6.54 Å². The molecule has 2 aromatic rings. The van der Waals surface area contributed by atoms with Crippen LogP contribution in [0, 0.1) is 0 Å². The summed E-state index contributed by atoms with van der Waals surface area (Å²) in [6.45, 7) is 1.09. The molecule has 4 nitrogen and oxygen atoms in total. The number of hydrogen-bond acceptors (Lipinski definition) is 3. The van der Waals surface area contributed by atoms with Crippen LogP contribution >= 0.6 is 0 Å². The van der Waals surface area contributed by atoms with Crippen LogP contribution in [0.3, 0.4) is 0 Å². The number of nitrogens with one attached hydrogen (secondary N) is 2. The van der Waals surface area contributed by atoms with Gasteiger partial charge in [-0.05, 0) is 25.5 Å². The Balaban J connectivity index is 1.87. The first-order chi connectivity index (χ1) is 7.43. The van der Waals surface area contributed by atoms with Crippen molar-refractivity contribution in [1.82, 2.24) is 15.3 Å². The zero-order valence-electron chi connectivity index (χ0n) is 8.36. The van der Waals surface area contributed by atoms with Gasteiger partial charge in [-0.15, -0.1) is 0 Å². The topological polar surface area (TPSA) is 53.9 Å². The molecule has 1 unspecified atom stereocenters. The van der Waals surface area contributed by atoms with Gasteiger partial charge in [-0.2, -0.15) is 0 Å². The Morgan fingerprint density at radius 2 is 2.47 bits per heavy atom. The molecule has 1 atom stereocenters. The third-order valence-corrected chi connectivity index (χ3v) is 2.82. The van der Waals surface area contributed by atoms with Crippen LogP contribution in [0.15, 0.2) is 29.2 Å². The molecule has 0 amide bonds. The summed E-state index contributed by atoms with van der Waals surface area (Å²) in [7, 11) is 0. The van der Waals surface area contributed by atoms with Crippen LogP contribution < -0.4 is 5.32 Å². The van der Waals surface area contributed by atoms with E-state index in [4.69, 9.17) is 4.42 Å². The molecule has 0 saturated carbocycles. The minimum Gasteiger partial charge on any atom is -0.472 e. The standard InChI is InChI=1S/C11H13N3O/c1-2-9(12-4-1)11-13-6-10(14-11)8-3-5-15-7-8/h3,5-7,9,12H,1-2,4H2,(H,13,14). The van der Waals surface area contributed by atoms with Crippen molar-refractivity contribution < 1.29 is 4.42 Å². The van der Waals surface area contributed by atoms with Gasteiger partial charge in [-0.1, -0.05) is 0 Å². The number of aromatic amines is 1. The fraction of sp³-hybridized carbons (Fsp3) is 0.364. The van der Waals surface area contributed by atoms with E-state index in [9.17, 15) is 0 Å². The molecule has 1 saturated heterocycles. The third-order valence-electron chi connectivity index (χ3n) is 2.82. The second kappa shape index (κ2) is 3.55. The average molecular weight is 203 g/mol. The van der Waals surface area contributed by atoms with E-state index in [1.54, 1.807) is 12.5 Å². The van der Waals surface area contributed by atoms with Crippen LogP contribution in [0.25, 0.3) is 11.3 Å². The van der Waals surface area contributed by atoms with E-state index >= 15 is 0 Å². The first kappa shape index (κ1) is 8.73. The number of H-pyrrole nitrogens is 1. The number of rotatable bonds is 2. The van der Waals surface area contributed by atoms with E-state index in [2.05, 4.69) is 15.3 Å². The lowest BCUT2D eigenvalue weighted by Crippen LogP contribution is -2.14. The van der Waals surface area contributed by atoms with Gasteiger partial charge in [0.05, 0.1) is 30.5 Å². The molecule has 0 spiro atoms. The van der Waals surface area contributed by atoms with E-state index in [-0.39, 0.29) is 0 Å². The van der Waals surface area contributed by atoms with Crippen molar-refractivity contribution >= 4 is 0 Å². The first-order valence-electron chi connectivity index (χ1n) is 5.24. The highest BCUT2D eigenvalue weighted by atomic mass is 16.3. The third kappa shape index (κ3) is 1.57. The molecule has 3 rings (SSSR count). The van der Waals surface area contributed by atoms with E-state index in [1.807, 2.05) is 12.3 Å². The Morgan fingerprint density at radius 3 is 3.20 bits per heavy atom. The van der Waals surface area contributed by atoms with Gasteiger partial charge in [0.1, 0.15) is 5.82 Å². The maximum absolute atomic E-state index is 5.04. The Labute approximate surface area is 87.7 Å².